The van der Waals surface area contributed by atoms with Gasteiger partial charge in [-0.1, -0.05) is 0 Å². The number of hydrogen-bond donors (Lipinski definition) is 2. The van der Waals surface area contributed by atoms with Crippen LogP contribution in [0.4, 0.5) is 11.5 Å². The molecule has 1 amide bonds. The van der Waals surface area contributed by atoms with Gasteiger partial charge >= 0.3 is 0 Å². The Bertz CT molecular complexity index is 502. The second-order valence-corrected chi connectivity index (χ2v) is 3.35. The first-order chi connectivity index (χ1) is 7.65. The Morgan fingerprint density at radius 1 is 1.44 bits per heavy atom. The maximum atomic E-state index is 11.7. The number of aryl methyl sites for hydroxylation is 1. The number of aromatic nitrogens is 3. The molecule has 0 aliphatic carbocycles. The lowest BCUT2D eigenvalue weighted by molar-refractivity contribution is 0.102. The molecule has 0 bridgehead atoms. The number of anilines is 2. The fourth-order valence-electron chi connectivity index (χ4n) is 1.20. The number of imidazole rings is 1. The molecule has 2 heterocycles. The summed E-state index contributed by atoms with van der Waals surface area (Å²) >= 11 is 0. The third kappa shape index (κ3) is 2.17. The lowest BCUT2D eigenvalue weighted by Crippen LogP contribution is -2.12. The van der Waals surface area contributed by atoms with Gasteiger partial charge in [0.05, 0.1) is 18.2 Å². The van der Waals surface area contributed by atoms with E-state index in [0.29, 0.717) is 17.2 Å². The van der Waals surface area contributed by atoms with Crippen molar-refractivity contribution in [2.45, 2.75) is 0 Å². The highest BCUT2D eigenvalue weighted by Gasteiger charge is 2.08. The van der Waals surface area contributed by atoms with Crippen LogP contribution in [-0.2, 0) is 7.05 Å². The van der Waals surface area contributed by atoms with Crippen molar-refractivity contribution in [2.75, 3.05) is 11.1 Å². The number of rotatable bonds is 2. The standard InChI is InChI=1S/C10H11N5O/c1-15-5-8(13-6-15)10(16)14-7-2-3-9(11)12-4-7/h2-6H,1H3,(H2,11,12)(H,14,16). The van der Waals surface area contributed by atoms with Crippen LogP contribution in [0.5, 0.6) is 0 Å². The summed E-state index contributed by atoms with van der Waals surface area (Å²) in [7, 11) is 1.80. The van der Waals surface area contributed by atoms with Crippen LogP contribution in [0.3, 0.4) is 0 Å². The smallest absolute Gasteiger partial charge is 0.275 e. The van der Waals surface area contributed by atoms with Gasteiger partial charge in [0.2, 0.25) is 0 Å². The molecule has 2 aromatic rings. The summed E-state index contributed by atoms with van der Waals surface area (Å²) in [6, 6.07) is 3.30. The van der Waals surface area contributed by atoms with Gasteiger partial charge < -0.3 is 15.6 Å². The van der Waals surface area contributed by atoms with Crippen molar-refractivity contribution in [3.05, 3.63) is 36.5 Å². The van der Waals surface area contributed by atoms with Crippen molar-refractivity contribution in [1.29, 1.82) is 0 Å². The monoisotopic (exact) mass is 217 g/mol. The molecule has 0 atom stereocenters. The Kier molecular flexibility index (Phi) is 2.55. The maximum absolute atomic E-state index is 11.7. The van der Waals surface area contributed by atoms with Gasteiger partial charge in [0.15, 0.2) is 0 Å². The fraction of sp³-hybridized carbons (Fsp3) is 0.100. The van der Waals surface area contributed by atoms with E-state index in [1.165, 1.54) is 6.20 Å². The molecule has 6 nitrogen and oxygen atoms in total. The number of nitrogens with zero attached hydrogens (tertiary/aromatic N) is 3. The third-order valence-electron chi connectivity index (χ3n) is 1.98. The van der Waals surface area contributed by atoms with Crippen molar-refractivity contribution in [1.82, 2.24) is 14.5 Å². The molecule has 0 saturated carbocycles. The lowest BCUT2D eigenvalue weighted by Gasteiger charge is -2.02. The number of pyridine rings is 1. The molecule has 2 aromatic heterocycles. The van der Waals surface area contributed by atoms with Crippen LogP contribution in [0.1, 0.15) is 10.5 Å². The lowest BCUT2D eigenvalue weighted by atomic mass is 10.3. The van der Waals surface area contributed by atoms with Crippen LogP contribution in [0.25, 0.3) is 0 Å². The van der Waals surface area contributed by atoms with Gasteiger partial charge in [0, 0.05) is 13.2 Å². The summed E-state index contributed by atoms with van der Waals surface area (Å²) in [5, 5.41) is 2.67. The molecule has 0 aliphatic rings. The molecule has 0 aliphatic heterocycles. The second-order valence-electron chi connectivity index (χ2n) is 3.35. The van der Waals surface area contributed by atoms with Crippen LogP contribution < -0.4 is 11.1 Å². The first kappa shape index (κ1) is 10.2. The average Bonchev–Trinajstić information content (AvgIpc) is 2.68. The van der Waals surface area contributed by atoms with Crippen LogP contribution >= 0.6 is 0 Å². The quantitative estimate of drug-likeness (QED) is 0.773. The van der Waals surface area contributed by atoms with Crippen molar-refractivity contribution < 1.29 is 4.79 Å². The number of hydrogen-bond acceptors (Lipinski definition) is 4. The van der Waals surface area contributed by atoms with Gasteiger partial charge in [-0.05, 0) is 12.1 Å². The van der Waals surface area contributed by atoms with Gasteiger partial charge in [-0.3, -0.25) is 4.79 Å². The molecule has 0 saturated heterocycles. The zero-order chi connectivity index (χ0) is 11.5. The van der Waals surface area contributed by atoms with E-state index in [2.05, 4.69) is 15.3 Å². The van der Waals surface area contributed by atoms with Crippen LogP contribution in [0, 0.1) is 0 Å². The Morgan fingerprint density at radius 2 is 2.25 bits per heavy atom. The van der Waals surface area contributed by atoms with E-state index in [1.54, 1.807) is 36.3 Å². The first-order valence-electron chi connectivity index (χ1n) is 4.66. The summed E-state index contributed by atoms with van der Waals surface area (Å²) in [5.41, 5.74) is 6.38. The zero-order valence-corrected chi connectivity index (χ0v) is 8.71. The topological polar surface area (TPSA) is 85.8 Å². The van der Waals surface area contributed by atoms with Crippen LogP contribution in [-0.4, -0.2) is 20.4 Å². The molecule has 0 fully saturated rings. The molecule has 2 rings (SSSR count). The van der Waals surface area contributed by atoms with Crippen molar-refractivity contribution >= 4 is 17.4 Å². The summed E-state index contributed by atoms with van der Waals surface area (Å²) in [4.78, 5) is 19.5. The van der Waals surface area contributed by atoms with E-state index in [1.807, 2.05) is 0 Å². The van der Waals surface area contributed by atoms with Crippen molar-refractivity contribution in [3.8, 4) is 0 Å². The molecule has 0 radical (unpaired) electrons. The van der Waals surface area contributed by atoms with Crippen molar-refractivity contribution in [2.24, 2.45) is 7.05 Å². The summed E-state index contributed by atoms with van der Waals surface area (Å²) < 4.78 is 1.70. The molecule has 16 heavy (non-hydrogen) atoms. The van der Waals surface area contributed by atoms with Gasteiger partial charge in [-0.15, -0.1) is 0 Å². The number of nitrogens with one attached hydrogen (secondary N) is 1. The number of amides is 1. The van der Waals surface area contributed by atoms with E-state index in [-0.39, 0.29) is 5.91 Å². The molecule has 0 spiro atoms. The van der Waals surface area contributed by atoms with Gasteiger partial charge in [-0.25, -0.2) is 9.97 Å². The van der Waals surface area contributed by atoms with E-state index in [4.69, 9.17) is 5.73 Å². The minimum atomic E-state index is -0.271. The highest BCUT2D eigenvalue weighted by atomic mass is 16.1. The zero-order valence-electron chi connectivity index (χ0n) is 8.71. The van der Waals surface area contributed by atoms with E-state index in [9.17, 15) is 4.79 Å². The highest BCUT2D eigenvalue weighted by Crippen LogP contribution is 2.08. The minimum Gasteiger partial charge on any atom is -0.384 e. The third-order valence-corrected chi connectivity index (χ3v) is 1.98. The van der Waals surface area contributed by atoms with E-state index < -0.39 is 0 Å². The predicted molar refractivity (Wildman–Crippen MR) is 59.8 cm³/mol. The van der Waals surface area contributed by atoms with E-state index >= 15 is 0 Å². The number of nitrogens with two attached hydrogens (primary N) is 1. The summed E-state index contributed by atoms with van der Waals surface area (Å²) in [6.07, 6.45) is 4.70. The molecule has 0 unspecified atom stereocenters. The molecular weight excluding hydrogens is 206 g/mol. The Labute approximate surface area is 92.1 Å². The van der Waals surface area contributed by atoms with Crippen molar-refractivity contribution in [3.63, 3.8) is 0 Å². The Balaban J connectivity index is 2.10. The molecule has 6 heteroatoms. The summed E-state index contributed by atoms with van der Waals surface area (Å²) in [5.74, 6) is 0.142. The fourth-order valence-corrected chi connectivity index (χ4v) is 1.20. The van der Waals surface area contributed by atoms with Gasteiger partial charge in [0.25, 0.3) is 5.91 Å². The van der Waals surface area contributed by atoms with Crippen LogP contribution in [0.2, 0.25) is 0 Å². The van der Waals surface area contributed by atoms with Gasteiger partial charge in [0.1, 0.15) is 11.5 Å². The molecule has 0 aromatic carbocycles. The Morgan fingerprint density at radius 3 is 2.81 bits per heavy atom. The number of nitrogen functional groups attached to an aromatic ring is 1. The normalized spacial score (nSPS) is 10.1. The van der Waals surface area contributed by atoms with Crippen LogP contribution in [0.15, 0.2) is 30.9 Å². The van der Waals surface area contributed by atoms with E-state index in [0.717, 1.165) is 0 Å². The predicted octanol–water partition coefficient (Wildman–Crippen LogP) is 0.650. The average molecular weight is 217 g/mol. The largest absolute Gasteiger partial charge is 0.384 e. The number of carbonyl (C=O) groups excluding carboxylic acids is 1. The minimum absolute atomic E-state index is 0.271. The molecule has 82 valence electrons. The maximum Gasteiger partial charge on any atom is 0.275 e. The summed E-state index contributed by atoms with van der Waals surface area (Å²) in [6.45, 7) is 0. The first-order valence-corrected chi connectivity index (χ1v) is 4.66. The highest BCUT2D eigenvalue weighted by molar-refractivity contribution is 6.02. The number of carbonyl (C=O) groups is 1. The SMILES string of the molecule is Cn1cnc(C(=O)Nc2ccc(N)nc2)c1. The second kappa shape index (κ2) is 4.01. The molecule has 3 N–H and O–H groups in total. The molecular formula is C10H11N5O. The van der Waals surface area contributed by atoms with Gasteiger partial charge in [-0.2, -0.15) is 0 Å². The Hall–Kier alpha value is -2.37.